The lowest BCUT2D eigenvalue weighted by Gasteiger charge is -2.33. The third-order valence-electron chi connectivity index (χ3n) is 5.16. The number of aromatic nitrogens is 2. The Morgan fingerprint density at radius 1 is 1.13 bits per heavy atom. The summed E-state index contributed by atoms with van der Waals surface area (Å²) in [6, 6.07) is 11.7. The van der Waals surface area contributed by atoms with Gasteiger partial charge in [-0.1, -0.05) is 6.07 Å². The lowest BCUT2D eigenvalue weighted by molar-refractivity contribution is 0.0946. The number of anilines is 1. The highest BCUT2D eigenvalue weighted by Gasteiger charge is 2.15. The van der Waals surface area contributed by atoms with Crippen LogP contribution in [0, 0.1) is 0 Å². The molecule has 3 heterocycles. The third-order valence-corrected chi connectivity index (χ3v) is 6.05. The largest absolute Gasteiger partial charge is 0.497 e. The molecule has 1 aliphatic rings. The van der Waals surface area contributed by atoms with E-state index >= 15 is 0 Å². The number of ether oxygens (including phenoxy) is 1. The van der Waals surface area contributed by atoms with E-state index in [-0.39, 0.29) is 5.91 Å². The van der Waals surface area contributed by atoms with E-state index in [1.807, 2.05) is 42.6 Å². The molecule has 2 aromatic heterocycles. The molecule has 30 heavy (non-hydrogen) atoms. The van der Waals surface area contributed by atoms with Crippen molar-refractivity contribution in [2.45, 2.75) is 6.54 Å². The smallest absolute Gasteiger partial charge is 0.271 e. The van der Waals surface area contributed by atoms with Crippen molar-refractivity contribution in [1.29, 1.82) is 0 Å². The first-order valence-corrected chi connectivity index (χ1v) is 10.8. The minimum absolute atomic E-state index is 0.186. The van der Waals surface area contributed by atoms with Gasteiger partial charge in [0.05, 0.1) is 7.11 Å². The van der Waals surface area contributed by atoms with Crippen LogP contribution in [0.4, 0.5) is 5.82 Å². The highest BCUT2D eigenvalue weighted by atomic mass is 32.1. The standard InChI is InChI=1S/C22H25N5O2S/c1-26-9-11-27(12-10-26)20-8-3-16(13-23-20)14-24-21(28)19-15-30-22(25-19)17-4-6-18(29-2)7-5-17/h3-8,13,15H,9-12,14H2,1-2H3,(H,24,28). The molecular weight excluding hydrogens is 398 g/mol. The number of nitrogens with zero attached hydrogens (tertiary/aromatic N) is 4. The first-order chi connectivity index (χ1) is 14.6. The number of carbonyl (C=O) groups excluding carboxylic acids is 1. The van der Waals surface area contributed by atoms with E-state index in [4.69, 9.17) is 4.74 Å². The summed E-state index contributed by atoms with van der Waals surface area (Å²) in [6.45, 7) is 4.49. The number of amides is 1. The molecule has 1 N–H and O–H groups in total. The van der Waals surface area contributed by atoms with Crippen molar-refractivity contribution in [3.63, 3.8) is 0 Å². The van der Waals surface area contributed by atoms with Gasteiger partial charge in [-0.15, -0.1) is 11.3 Å². The normalized spacial score (nSPS) is 14.5. The van der Waals surface area contributed by atoms with Gasteiger partial charge in [-0.05, 0) is 42.9 Å². The van der Waals surface area contributed by atoms with Crippen LogP contribution in [0.1, 0.15) is 16.1 Å². The molecule has 0 bridgehead atoms. The molecule has 4 rings (SSSR count). The number of thiazole rings is 1. The van der Waals surface area contributed by atoms with Gasteiger partial charge in [0.15, 0.2) is 0 Å². The van der Waals surface area contributed by atoms with Gasteiger partial charge in [-0.3, -0.25) is 4.79 Å². The Bertz CT molecular complexity index is 980. The summed E-state index contributed by atoms with van der Waals surface area (Å²) in [5.41, 5.74) is 2.35. The Morgan fingerprint density at radius 3 is 2.57 bits per heavy atom. The lowest BCUT2D eigenvalue weighted by atomic mass is 10.2. The number of methoxy groups -OCH3 is 1. The van der Waals surface area contributed by atoms with Crippen molar-refractivity contribution in [3.05, 3.63) is 59.2 Å². The lowest BCUT2D eigenvalue weighted by Crippen LogP contribution is -2.44. The predicted molar refractivity (Wildman–Crippen MR) is 119 cm³/mol. The number of benzene rings is 1. The summed E-state index contributed by atoms with van der Waals surface area (Å²) < 4.78 is 5.18. The first kappa shape index (κ1) is 20.3. The van der Waals surface area contributed by atoms with E-state index in [1.165, 1.54) is 11.3 Å². The minimum Gasteiger partial charge on any atom is -0.497 e. The summed E-state index contributed by atoms with van der Waals surface area (Å²) in [5, 5.41) is 5.52. The van der Waals surface area contributed by atoms with E-state index in [0.29, 0.717) is 12.2 Å². The maximum Gasteiger partial charge on any atom is 0.271 e. The molecule has 0 unspecified atom stereocenters. The molecule has 1 fully saturated rings. The topological polar surface area (TPSA) is 70.6 Å². The third kappa shape index (κ3) is 4.77. The van der Waals surface area contributed by atoms with Crippen LogP contribution < -0.4 is 15.0 Å². The highest BCUT2D eigenvalue weighted by Crippen LogP contribution is 2.25. The first-order valence-electron chi connectivity index (χ1n) is 9.89. The Hall–Kier alpha value is -2.97. The van der Waals surface area contributed by atoms with Gasteiger partial charge in [0.1, 0.15) is 22.3 Å². The summed E-state index contributed by atoms with van der Waals surface area (Å²) in [5.74, 6) is 1.59. The van der Waals surface area contributed by atoms with E-state index in [9.17, 15) is 4.79 Å². The van der Waals surface area contributed by atoms with Crippen molar-refractivity contribution in [2.75, 3.05) is 45.2 Å². The van der Waals surface area contributed by atoms with Crippen molar-refractivity contribution >= 4 is 23.1 Å². The Kier molecular flexibility index (Phi) is 6.25. The molecule has 0 aliphatic carbocycles. The number of piperazine rings is 1. The van der Waals surface area contributed by atoms with Crippen molar-refractivity contribution in [1.82, 2.24) is 20.2 Å². The number of likely N-dealkylation sites (N-methyl/N-ethyl adjacent to an activating group) is 1. The van der Waals surface area contributed by atoms with Gasteiger partial charge in [-0.25, -0.2) is 9.97 Å². The average Bonchev–Trinajstić information content (AvgIpc) is 3.29. The van der Waals surface area contributed by atoms with Crippen LogP contribution in [0.3, 0.4) is 0 Å². The van der Waals surface area contributed by atoms with Crippen LogP contribution in [0.25, 0.3) is 10.6 Å². The molecule has 156 valence electrons. The molecule has 1 aromatic carbocycles. The molecule has 1 saturated heterocycles. The van der Waals surface area contributed by atoms with Crippen molar-refractivity contribution in [3.8, 4) is 16.3 Å². The van der Waals surface area contributed by atoms with E-state index in [0.717, 1.165) is 53.9 Å². The fraction of sp³-hybridized carbons (Fsp3) is 0.318. The fourth-order valence-electron chi connectivity index (χ4n) is 3.26. The molecule has 7 nitrogen and oxygen atoms in total. The van der Waals surface area contributed by atoms with Crippen LogP contribution in [-0.2, 0) is 6.54 Å². The maximum absolute atomic E-state index is 12.5. The van der Waals surface area contributed by atoms with Crippen molar-refractivity contribution < 1.29 is 9.53 Å². The fourth-order valence-corrected chi connectivity index (χ4v) is 4.07. The van der Waals surface area contributed by atoms with Crippen LogP contribution in [0.5, 0.6) is 5.75 Å². The molecule has 8 heteroatoms. The van der Waals surface area contributed by atoms with E-state index in [1.54, 1.807) is 12.5 Å². The zero-order valence-corrected chi connectivity index (χ0v) is 18.0. The van der Waals surface area contributed by atoms with Gasteiger partial charge >= 0.3 is 0 Å². The molecule has 1 aliphatic heterocycles. The Morgan fingerprint density at radius 2 is 1.90 bits per heavy atom. The molecule has 0 spiro atoms. The van der Waals surface area contributed by atoms with E-state index < -0.39 is 0 Å². The zero-order valence-electron chi connectivity index (χ0n) is 17.2. The number of nitrogens with one attached hydrogen (secondary N) is 1. The molecule has 0 radical (unpaired) electrons. The molecular formula is C22H25N5O2S. The van der Waals surface area contributed by atoms with Gasteiger partial charge < -0.3 is 19.9 Å². The van der Waals surface area contributed by atoms with Gasteiger partial charge in [0.2, 0.25) is 0 Å². The summed E-state index contributed by atoms with van der Waals surface area (Å²) in [4.78, 5) is 26.1. The molecule has 0 atom stereocenters. The van der Waals surface area contributed by atoms with Gasteiger partial charge in [0.25, 0.3) is 5.91 Å². The quantitative estimate of drug-likeness (QED) is 0.657. The monoisotopic (exact) mass is 423 g/mol. The predicted octanol–water partition coefficient (Wildman–Crippen LogP) is 2.90. The second-order valence-corrected chi connectivity index (χ2v) is 8.12. The molecule has 3 aromatic rings. The number of hydrogen-bond acceptors (Lipinski definition) is 7. The van der Waals surface area contributed by atoms with Gasteiger partial charge in [0, 0.05) is 49.9 Å². The average molecular weight is 424 g/mol. The van der Waals surface area contributed by atoms with Crippen LogP contribution in [0.2, 0.25) is 0 Å². The Balaban J connectivity index is 1.33. The summed E-state index contributed by atoms with van der Waals surface area (Å²) >= 11 is 1.45. The SMILES string of the molecule is COc1ccc(-c2nc(C(=O)NCc3ccc(N4CCN(C)CC4)nc3)cs2)cc1. The van der Waals surface area contributed by atoms with Gasteiger partial charge in [-0.2, -0.15) is 0 Å². The zero-order chi connectivity index (χ0) is 20.9. The number of rotatable bonds is 6. The highest BCUT2D eigenvalue weighted by molar-refractivity contribution is 7.13. The summed E-state index contributed by atoms with van der Waals surface area (Å²) in [7, 11) is 3.77. The minimum atomic E-state index is -0.186. The Labute approximate surface area is 180 Å². The number of pyridine rings is 1. The van der Waals surface area contributed by atoms with Crippen LogP contribution in [-0.4, -0.2) is 61.1 Å². The number of hydrogen-bond donors (Lipinski definition) is 1. The second-order valence-electron chi connectivity index (χ2n) is 7.26. The summed E-state index contributed by atoms with van der Waals surface area (Å²) in [6.07, 6.45) is 1.83. The van der Waals surface area contributed by atoms with Crippen molar-refractivity contribution in [2.24, 2.45) is 0 Å². The van der Waals surface area contributed by atoms with Crippen LogP contribution >= 0.6 is 11.3 Å². The second kappa shape index (κ2) is 9.23. The van der Waals surface area contributed by atoms with E-state index in [2.05, 4.69) is 32.1 Å². The molecule has 0 saturated carbocycles. The van der Waals surface area contributed by atoms with Crippen LogP contribution in [0.15, 0.2) is 48.0 Å². The number of carbonyl (C=O) groups is 1. The maximum atomic E-state index is 12.5. The molecule has 1 amide bonds.